The Labute approximate surface area is 156 Å². The van der Waals surface area contributed by atoms with Gasteiger partial charge in [-0.15, -0.1) is 0 Å². The lowest BCUT2D eigenvalue weighted by Crippen LogP contribution is -2.33. The van der Waals surface area contributed by atoms with E-state index in [1.807, 2.05) is 19.1 Å². The predicted molar refractivity (Wildman–Crippen MR) is 96.9 cm³/mol. The molecule has 0 radical (unpaired) electrons. The van der Waals surface area contributed by atoms with Gasteiger partial charge in [-0.2, -0.15) is 0 Å². The van der Waals surface area contributed by atoms with Crippen molar-refractivity contribution in [3.63, 3.8) is 0 Å². The molecular weight excluding hydrogens is 356 g/mol. The summed E-state index contributed by atoms with van der Waals surface area (Å²) in [5, 5.41) is 0.504. The molecule has 1 aromatic heterocycles. The Bertz CT molecular complexity index is 835. The smallest absolute Gasteiger partial charge is 0.227 e. The molecule has 0 aliphatic carbocycles. The van der Waals surface area contributed by atoms with E-state index in [1.165, 1.54) is 0 Å². The van der Waals surface area contributed by atoms with Crippen molar-refractivity contribution in [2.24, 2.45) is 5.73 Å². The minimum atomic E-state index is -0.139. The van der Waals surface area contributed by atoms with Gasteiger partial charge >= 0.3 is 0 Å². The largest absolute Gasteiger partial charge is 0.486 e. The molecule has 6 nitrogen and oxygen atoms in total. The van der Waals surface area contributed by atoms with Crippen LogP contribution >= 0.6 is 11.6 Å². The average molecular weight is 377 g/mol. The molecule has 3 heterocycles. The van der Waals surface area contributed by atoms with Crippen molar-refractivity contribution in [1.82, 2.24) is 4.90 Å². The molecule has 2 aliphatic rings. The first-order chi connectivity index (χ1) is 12.5. The van der Waals surface area contributed by atoms with Gasteiger partial charge in [-0.1, -0.05) is 11.6 Å². The van der Waals surface area contributed by atoms with Gasteiger partial charge < -0.3 is 24.5 Å². The van der Waals surface area contributed by atoms with Gasteiger partial charge in [-0.05, 0) is 30.7 Å². The highest BCUT2D eigenvalue weighted by molar-refractivity contribution is 6.31. The summed E-state index contributed by atoms with van der Waals surface area (Å²) in [5.41, 5.74) is 6.97. The van der Waals surface area contributed by atoms with E-state index >= 15 is 0 Å². The fourth-order valence-electron chi connectivity index (χ4n) is 3.50. The van der Waals surface area contributed by atoms with Crippen LogP contribution in [0.25, 0.3) is 0 Å². The minimum Gasteiger partial charge on any atom is -0.486 e. The quantitative estimate of drug-likeness (QED) is 0.890. The van der Waals surface area contributed by atoms with Crippen molar-refractivity contribution in [3.8, 4) is 11.5 Å². The van der Waals surface area contributed by atoms with Gasteiger partial charge in [-0.3, -0.25) is 4.79 Å². The summed E-state index contributed by atoms with van der Waals surface area (Å²) in [5.74, 6) is 2.94. The fourth-order valence-corrected chi connectivity index (χ4v) is 3.72. The first kappa shape index (κ1) is 17.2. The molecule has 0 saturated carbocycles. The highest BCUT2D eigenvalue weighted by Crippen LogP contribution is 2.36. The van der Waals surface area contributed by atoms with E-state index in [1.54, 1.807) is 17.0 Å². The van der Waals surface area contributed by atoms with Crippen LogP contribution in [0.2, 0.25) is 5.02 Å². The van der Waals surface area contributed by atoms with E-state index in [2.05, 4.69) is 0 Å². The van der Waals surface area contributed by atoms with Gasteiger partial charge in [0.15, 0.2) is 11.5 Å². The zero-order valence-electron chi connectivity index (χ0n) is 14.5. The van der Waals surface area contributed by atoms with E-state index < -0.39 is 0 Å². The maximum Gasteiger partial charge on any atom is 0.227 e. The number of hydrogen-bond acceptors (Lipinski definition) is 5. The Morgan fingerprint density at radius 2 is 1.96 bits per heavy atom. The average Bonchev–Trinajstić information content (AvgIpc) is 3.21. The molecule has 2 aliphatic heterocycles. The molecule has 26 heavy (non-hydrogen) atoms. The number of benzene rings is 1. The third-order valence-corrected chi connectivity index (χ3v) is 5.25. The van der Waals surface area contributed by atoms with Gasteiger partial charge in [0.05, 0.1) is 12.3 Å². The number of nitrogens with two attached hydrogens (primary N) is 1. The van der Waals surface area contributed by atoms with E-state index in [-0.39, 0.29) is 24.3 Å². The number of furan rings is 1. The van der Waals surface area contributed by atoms with Crippen molar-refractivity contribution in [2.75, 3.05) is 26.3 Å². The molecule has 2 aromatic rings. The summed E-state index contributed by atoms with van der Waals surface area (Å²) in [6, 6.07) is 7.22. The van der Waals surface area contributed by atoms with Gasteiger partial charge in [0.2, 0.25) is 5.91 Å². The van der Waals surface area contributed by atoms with Crippen LogP contribution in [0.1, 0.15) is 23.0 Å². The number of carbonyl (C=O) groups excluding carboxylic acids is 1. The first-order valence-corrected chi connectivity index (χ1v) is 9.07. The Balaban J connectivity index is 1.47. The van der Waals surface area contributed by atoms with Crippen molar-refractivity contribution in [2.45, 2.75) is 25.3 Å². The number of nitrogens with zero attached hydrogens (tertiary/aromatic N) is 1. The maximum atomic E-state index is 12.8. The number of ether oxygens (including phenoxy) is 2. The molecular formula is C19H21ClN2O4. The molecule has 0 spiro atoms. The summed E-state index contributed by atoms with van der Waals surface area (Å²) in [6.45, 7) is 3.95. The highest BCUT2D eigenvalue weighted by atomic mass is 35.5. The molecule has 1 fully saturated rings. The van der Waals surface area contributed by atoms with Crippen LogP contribution in [0.15, 0.2) is 28.7 Å². The van der Waals surface area contributed by atoms with E-state index in [9.17, 15) is 4.79 Å². The van der Waals surface area contributed by atoms with Crippen LogP contribution in [0.5, 0.6) is 11.5 Å². The molecule has 2 N–H and O–H groups in total. The zero-order chi connectivity index (χ0) is 18.3. The lowest BCUT2D eigenvalue weighted by Gasteiger charge is -2.21. The number of carbonyl (C=O) groups is 1. The van der Waals surface area contributed by atoms with Gasteiger partial charge in [0.1, 0.15) is 24.7 Å². The van der Waals surface area contributed by atoms with Crippen LogP contribution in [0.3, 0.4) is 0 Å². The number of aryl methyl sites for hydroxylation is 1. The molecule has 4 rings (SSSR count). The Morgan fingerprint density at radius 3 is 2.65 bits per heavy atom. The third-order valence-electron chi connectivity index (χ3n) is 4.90. The number of fused-ring (bicyclic) bond motifs is 1. The SMILES string of the molecule is Cc1ccc([C@H]2CN(C(=O)Cc3cc4c(cc3Cl)OCCO4)C[C@@H]2N)o1. The Hall–Kier alpha value is -2.18. The third kappa shape index (κ3) is 3.27. The van der Waals surface area contributed by atoms with Crippen molar-refractivity contribution in [3.05, 3.63) is 46.4 Å². The number of amides is 1. The van der Waals surface area contributed by atoms with Crippen molar-refractivity contribution >= 4 is 17.5 Å². The molecule has 1 amide bonds. The van der Waals surface area contributed by atoms with Crippen LogP contribution in [-0.4, -0.2) is 43.2 Å². The van der Waals surface area contributed by atoms with E-state index in [4.69, 9.17) is 31.2 Å². The Morgan fingerprint density at radius 1 is 1.23 bits per heavy atom. The molecule has 138 valence electrons. The second-order valence-electron chi connectivity index (χ2n) is 6.78. The second kappa shape index (κ2) is 6.85. The maximum absolute atomic E-state index is 12.8. The number of hydrogen-bond donors (Lipinski definition) is 1. The molecule has 2 atom stereocenters. The van der Waals surface area contributed by atoms with Crippen molar-refractivity contribution in [1.29, 1.82) is 0 Å². The number of rotatable bonds is 3. The molecule has 1 saturated heterocycles. The molecule has 0 bridgehead atoms. The topological polar surface area (TPSA) is 77.9 Å². The molecule has 7 heteroatoms. The Kier molecular flexibility index (Phi) is 4.54. The zero-order valence-corrected chi connectivity index (χ0v) is 15.3. The van der Waals surface area contributed by atoms with Gasteiger partial charge in [-0.25, -0.2) is 0 Å². The lowest BCUT2D eigenvalue weighted by molar-refractivity contribution is -0.129. The summed E-state index contributed by atoms with van der Waals surface area (Å²) in [6.07, 6.45) is 0.200. The predicted octanol–water partition coefficient (Wildman–Crippen LogP) is 2.51. The van der Waals surface area contributed by atoms with Crippen LogP contribution < -0.4 is 15.2 Å². The molecule has 0 unspecified atom stereocenters. The summed E-state index contributed by atoms with van der Waals surface area (Å²) in [4.78, 5) is 14.5. The summed E-state index contributed by atoms with van der Waals surface area (Å²) in [7, 11) is 0. The first-order valence-electron chi connectivity index (χ1n) is 8.69. The van der Waals surface area contributed by atoms with Crippen LogP contribution in [0, 0.1) is 6.92 Å². The number of halogens is 1. The van der Waals surface area contributed by atoms with Crippen molar-refractivity contribution < 1.29 is 18.7 Å². The summed E-state index contributed by atoms with van der Waals surface area (Å²) < 4.78 is 16.8. The highest BCUT2D eigenvalue weighted by Gasteiger charge is 2.35. The second-order valence-corrected chi connectivity index (χ2v) is 7.19. The van der Waals surface area contributed by atoms with E-state index in [0.717, 1.165) is 17.1 Å². The van der Waals surface area contributed by atoms with Gasteiger partial charge in [0, 0.05) is 30.2 Å². The van der Waals surface area contributed by atoms with Crippen LogP contribution in [-0.2, 0) is 11.2 Å². The normalized spacial score (nSPS) is 21.9. The fraction of sp³-hybridized carbons (Fsp3) is 0.421. The molecule has 1 aromatic carbocycles. The number of likely N-dealkylation sites (tertiary alicyclic amines) is 1. The van der Waals surface area contributed by atoms with Crippen LogP contribution in [0.4, 0.5) is 0 Å². The minimum absolute atomic E-state index is 0.00944. The standard InChI is InChI=1S/C19H21ClN2O4/c1-11-2-3-16(26-11)13-9-22(10-15(13)21)19(23)7-12-6-17-18(8-14(12)20)25-5-4-24-17/h2-3,6,8,13,15H,4-5,7,9-10,21H2,1H3/t13-,15-/m0/s1. The van der Waals surface area contributed by atoms with Gasteiger partial charge in [0.25, 0.3) is 0 Å². The monoisotopic (exact) mass is 376 g/mol. The van der Waals surface area contributed by atoms with E-state index in [0.29, 0.717) is 42.8 Å². The summed E-state index contributed by atoms with van der Waals surface area (Å²) >= 11 is 6.32. The lowest BCUT2D eigenvalue weighted by atomic mass is 10.0.